The molecule has 23 aromatic carbocycles. The molecule has 150 heavy (non-hydrogen) atoms. The zero-order chi connectivity index (χ0) is 101. The van der Waals surface area contributed by atoms with Crippen LogP contribution in [-0.4, -0.2) is 19.9 Å². The van der Waals surface area contributed by atoms with Gasteiger partial charge in [-0.1, -0.05) is 455 Å². The van der Waals surface area contributed by atoms with Crippen molar-refractivity contribution in [1.29, 1.82) is 0 Å². The Kier molecular flexibility index (Phi) is 26.0. The van der Waals surface area contributed by atoms with Crippen molar-refractivity contribution in [2.45, 2.75) is 0 Å². The first kappa shape index (κ1) is 94.5. The summed E-state index contributed by atoms with van der Waals surface area (Å²) in [6.07, 6.45) is 6.81. The van der Waals surface area contributed by atoms with E-state index in [1.165, 1.54) is 81.1 Å². The van der Waals surface area contributed by atoms with Crippen LogP contribution in [-0.2, 0) is 18.3 Å². The van der Waals surface area contributed by atoms with Crippen molar-refractivity contribution in [2.24, 2.45) is 0 Å². The molecule has 0 unspecified atom stereocenters. The quantitative estimate of drug-likeness (QED) is 0.0653. The van der Waals surface area contributed by atoms with Gasteiger partial charge in [-0.3, -0.25) is 9.97 Å². The van der Waals surface area contributed by atoms with Gasteiger partial charge in [0.25, 0.3) is 0 Å². The molecular formula is C138H96N4O4P4. The van der Waals surface area contributed by atoms with Crippen LogP contribution in [0.4, 0.5) is 0 Å². The molecule has 0 aliphatic carbocycles. The van der Waals surface area contributed by atoms with Gasteiger partial charge in [-0.2, -0.15) is 0 Å². The molecule has 0 N–H and O–H groups in total. The van der Waals surface area contributed by atoms with E-state index < -0.39 is 28.6 Å². The van der Waals surface area contributed by atoms with Crippen molar-refractivity contribution in [2.75, 3.05) is 0 Å². The van der Waals surface area contributed by atoms with E-state index in [1.54, 1.807) is 24.8 Å². The molecule has 12 heteroatoms. The fraction of sp³-hybridized carbons (Fsp3) is 0. The van der Waals surface area contributed by atoms with E-state index >= 15 is 4.57 Å². The maximum atomic E-state index is 15.7. The number of para-hydroxylation sites is 1. The normalized spacial score (nSPS) is 11.7. The smallest absolute Gasteiger partial charge is 0.188 e. The summed E-state index contributed by atoms with van der Waals surface area (Å²) in [6.45, 7) is 0. The van der Waals surface area contributed by atoms with Gasteiger partial charge in [0.05, 0.1) is 16.9 Å². The summed E-state index contributed by atoms with van der Waals surface area (Å²) in [6, 6.07) is 189. The first-order valence-electron chi connectivity index (χ1n) is 50.2. The molecule has 712 valence electrons. The zero-order valence-corrected chi connectivity index (χ0v) is 85.2. The van der Waals surface area contributed by atoms with E-state index in [0.29, 0.717) is 16.0 Å². The number of fused-ring (bicyclic) bond motifs is 14. The van der Waals surface area contributed by atoms with Crippen molar-refractivity contribution in [3.8, 4) is 55.9 Å². The molecule has 0 saturated carbocycles. The molecule has 27 rings (SSSR count). The van der Waals surface area contributed by atoms with E-state index in [-0.39, 0.29) is 0 Å². The Bertz CT molecular complexity index is 9800. The topological polar surface area (TPSA) is 120 Å². The first-order valence-corrected chi connectivity index (χ1v) is 57.1. The number of benzene rings is 23. The SMILES string of the molecule is O=P(c1ccccc1)(c1ccccc1)c1cc(-c2ccc3ccccc3n2)cc(-c2cc3ccccc3c3ccccc23)c1.O=P(c1ccccc1)(c1ccccc1)c1ccc(-c2cc3ccccc3c3ccccc23)cc1.O=P(c1ccccc1)(c1ccccc1)c1cccc(-c2cc3ccccc3c3ccccc23)n1.O=P(c1cccnc1)(c1cccnc1)c1ccc2cc(-c3cc4ccccc4c4ccccc34)ccc2c1. The number of nitrogens with zero attached hydrogens (tertiary/aromatic N) is 4. The molecule has 0 aliphatic heterocycles. The van der Waals surface area contributed by atoms with Crippen LogP contribution in [0, 0.1) is 0 Å². The predicted molar refractivity (Wildman–Crippen MR) is 637 cm³/mol. The van der Waals surface area contributed by atoms with Crippen LogP contribution in [0.5, 0.6) is 0 Å². The second-order valence-corrected chi connectivity index (χ2v) is 48.5. The van der Waals surface area contributed by atoms with Crippen LogP contribution in [0.1, 0.15) is 0 Å². The Morgan fingerprint density at radius 1 is 0.147 bits per heavy atom. The summed E-state index contributed by atoms with van der Waals surface area (Å²) in [7, 11) is -12.5. The first-order chi connectivity index (χ1) is 73.9. The molecule has 0 saturated heterocycles. The highest BCUT2D eigenvalue weighted by Gasteiger charge is 2.36. The molecule has 0 spiro atoms. The third kappa shape index (κ3) is 17.9. The largest absolute Gasteiger partial charge is 0.309 e. The highest BCUT2D eigenvalue weighted by atomic mass is 31.2. The van der Waals surface area contributed by atoms with Crippen molar-refractivity contribution in [3.05, 3.63) is 583 Å². The van der Waals surface area contributed by atoms with Gasteiger partial charge in [0.2, 0.25) is 0 Å². The fourth-order valence-electron chi connectivity index (χ4n) is 21.3. The molecule has 0 radical (unpaired) electrons. The second-order valence-electron chi connectivity index (χ2n) is 37.5. The van der Waals surface area contributed by atoms with Crippen LogP contribution in [0.15, 0.2) is 583 Å². The standard InChI is InChI=1S/C41H28NOP.C34H23N2OP.C32H23OP.C31H22NOP/c43-44(33-15-3-1-4-16-33,34-17-5-2-6-18-34)35-26-31(25-32(27-35)41-24-23-29-13-8-12-22-40(29)42-41)39-28-30-14-7-9-19-36(30)37-20-10-11-21-38(37)39;37-38(29-8-5-17-35-22-29,30-9-6-18-36-23-30)28-16-15-24-19-27(14-13-25(24)20-28)34-21-26-7-1-2-10-31(26)32-11-3-4-12-33(32)34;33-34(26-12-3-1-4-13-26,27-14-5-2-6-15-27)28-21-19-24(20-22-28)32-23-25-11-7-8-16-29(25)30-17-9-10-18-31(30)32;33-34(24-13-3-1-4-14-24,25-15-5-2-6-16-25)31-21-11-20-30(32-31)29-22-23-12-7-8-17-26(23)27-18-9-10-19-28(27)29/h1-28H;1-23H;1-23H;1-22H. The van der Waals surface area contributed by atoms with Crippen LogP contribution in [0.25, 0.3) is 164 Å². The molecule has 27 aromatic rings. The fourth-order valence-corrected chi connectivity index (χ4v) is 31.8. The lowest BCUT2D eigenvalue weighted by Gasteiger charge is -2.22. The molecule has 0 fully saturated rings. The Morgan fingerprint density at radius 2 is 0.453 bits per heavy atom. The summed E-state index contributed by atoms with van der Waals surface area (Å²) >= 11 is 0. The highest BCUT2D eigenvalue weighted by molar-refractivity contribution is 7.86. The van der Waals surface area contributed by atoms with Crippen molar-refractivity contribution >= 4 is 200 Å². The lowest BCUT2D eigenvalue weighted by Crippen LogP contribution is -2.27. The van der Waals surface area contributed by atoms with Gasteiger partial charge >= 0.3 is 0 Å². The van der Waals surface area contributed by atoms with Crippen LogP contribution < -0.4 is 63.8 Å². The molecule has 4 heterocycles. The summed E-state index contributed by atoms with van der Waals surface area (Å²) in [4.78, 5) is 18.7. The summed E-state index contributed by atoms with van der Waals surface area (Å²) in [5.74, 6) is 0. The number of rotatable bonds is 17. The van der Waals surface area contributed by atoms with Crippen LogP contribution >= 0.6 is 28.6 Å². The van der Waals surface area contributed by atoms with Crippen molar-refractivity contribution < 1.29 is 18.3 Å². The number of pyridine rings is 4. The van der Waals surface area contributed by atoms with E-state index in [2.05, 4.69) is 307 Å². The van der Waals surface area contributed by atoms with Crippen molar-refractivity contribution in [1.82, 2.24) is 19.9 Å². The Hall–Kier alpha value is -17.8. The van der Waals surface area contributed by atoms with E-state index in [4.69, 9.17) is 9.97 Å². The Labute approximate surface area is 870 Å². The monoisotopic (exact) mass is 2000 g/mol. The van der Waals surface area contributed by atoms with Crippen molar-refractivity contribution in [3.63, 3.8) is 0 Å². The maximum absolute atomic E-state index is 15.7. The third-order valence-electron chi connectivity index (χ3n) is 28.7. The molecule has 0 atom stereocenters. The minimum absolute atomic E-state index is 0.597. The summed E-state index contributed by atoms with van der Waals surface area (Å²) < 4.78 is 59.9. The van der Waals surface area contributed by atoms with Crippen LogP contribution in [0.3, 0.4) is 0 Å². The number of hydrogen-bond acceptors (Lipinski definition) is 8. The number of hydrogen-bond donors (Lipinski definition) is 0. The molecule has 0 bridgehead atoms. The molecule has 0 aliphatic rings. The molecule has 0 amide bonds. The minimum atomic E-state index is -3.26. The minimum Gasteiger partial charge on any atom is -0.309 e. The van der Waals surface area contributed by atoms with Crippen LogP contribution in [0.2, 0.25) is 0 Å². The molecule has 8 nitrogen and oxygen atoms in total. The Morgan fingerprint density at radius 3 is 0.887 bits per heavy atom. The lowest BCUT2D eigenvalue weighted by molar-refractivity contribution is 0.591. The molecular weight excluding hydrogens is 1900 g/mol. The van der Waals surface area contributed by atoms with E-state index in [9.17, 15) is 13.7 Å². The third-order valence-corrected chi connectivity index (χ3v) is 40.7. The second kappa shape index (κ2) is 41.2. The summed E-state index contributed by atoms with van der Waals surface area (Å²) in [5.41, 5.74) is 12.0. The van der Waals surface area contributed by atoms with E-state index in [0.717, 1.165) is 130 Å². The summed E-state index contributed by atoms with van der Waals surface area (Å²) in [5, 5.41) is 31.3. The zero-order valence-electron chi connectivity index (χ0n) is 81.6. The van der Waals surface area contributed by atoms with Gasteiger partial charge in [-0.05, 0) is 233 Å². The number of aromatic nitrogens is 4. The maximum Gasteiger partial charge on any atom is 0.188 e. The van der Waals surface area contributed by atoms with Gasteiger partial charge < -0.3 is 18.3 Å². The predicted octanol–water partition coefficient (Wildman–Crippen LogP) is 30.8. The van der Waals surface area contributed by atoms with Gasteiger partial charge in [0.15, 0.2) is 28.6 Å². The average Bonchev–Trinajstić information content (AvgIpc) is 0.746. The van der Waals surface area contributed by atoms with Gasteiger partial charge in [-0.15, -0.1) is 0 Å². The Balaban J connectivity index is 0.000000107. The molecule has 4 aromatic heterocycles. The van der Waals surface area contributed by atoms with E-state index in [1.807, 2.05) is 261 Å². The van der Waals surface area contributed by atoms with Gasteiger partial charge in [0, 0.05) is 99.7 Å². The van der Waals surface area contributed by atoms with Gasteiger partial charge in [-0.25, -0.2) is 9.97 Å². The average molecular weight is 2000 g/mol. The lowest BCUT2D eigenvalue weighted by atomic mass is 9.92. The van der Waals surface area contributed by atoms with Gasteiger partial charge in [0.1, 0.15) is 5.44 Å². The highest BCUT2D eigenvalue weighted by Crippen LogP contribution is 2.50.